The van der Waals surface area contributed by atoms with Crippen molar-refractivity contribution in [2.24, 2.45) is 0 Å². The van der Waals surface area contributed by atoms with Crippen molar-refractivity contribution >= 4 is 28.2 Å². The number of ether oxygens (including phenoxy) is 1. The summed E-state index contributed by atoms with van der Waals surface area (Å²) in [7, 11) is 0. The van der Waals surface area contributed by atoms with Crippen molar-refractivity contribution in [2.75, 3.05) is 0 Å². The lowest BCUT2D eigenvalue weighted by Crippen LogP contribution is -1.99. The van der Waals surface area contributed by atoms with E-state index in [2.05, 4.69) is 24.0 Å². The predicted octanol–water partition coefficient (Wildman–Crippen LogP) is 4.81. The second-order valence-electron chi connectivity index (χ2n) is 6.27. The van der Waals surface area contributed by atoms with Crippen molar-refractivity contribution in [1.82, 2.24) is 9.97 Å². The lowest BCUT2D eigenvalue weighted by Gasteiger charge is -2.05. The number of nitrogens with zero attached hydrogens (tertiary/aromatic N) is 1. The minimum Gasteiger partial charge on any atom is -0.487 e. The van der Waals surface area contributed by atoms with Crippen LogP contribution in [0.25, 0.3) is 21.5 Å². The maximum Gasteiger partial charge on any atom is 0.307 e. The molecule has 2 heterocycles. The van der Waals surface area contributed by atoms with Gasteiger partial charge in [0.25, 0.3) is 0 Å². The first kappa shape index (κ1) is 17.3. The Morgan fingerprint density at radius 1 is 1.22 bits per heavy atom. The van der Waals surface area contributed by atoms with Gasteiger partial charge in [0.05, 0.1) is 12.1 Å². The van der Waals surface area contributed by atoms with Gasteiger partial charge in [-0.25, -0.2) is 4.98 Å². The Labute approximate surface area is 160 Å². The molecule has 0 spiro atoms. The van der Waals surface area contributed by atoms with E-state index in [0.29, 0.717) is 6.61 Å². The summed E-state index contributed by atoms with van der Waals surface area (Å²) in [5.74, 6) is -0.121. The molecule has 4 rings (SSSR count). The molecule has 5 nitrogen and oxygen atoms in total. The summed E-state index contributed by atoms with van der Waals surface area (Å²) in [6, 6.07) is 15.8. The highest BCUT2D eigenvalue weighted by Gasteiger charge is 2.11. The van der Waals surface area contributed by atoms with Crippen molar-refractivity contribution in [1.29, 1.82) is 0 Å². The molecule has 136 valence electrons. The van der Waals surface area contributed by atoms with Gasteiger partial charge in [0.2, 0.25) is 0 Å². The van der Waals surface area contributed by atoms with Crippen LogP contribution in [0.1, 0.15) is 16.1 Å². The van der Waals surface area contributed by atoms with Gasteiger partial charge in [0, 0.05) is 33.6 Å². The average molecular weight is 378 g/mol. The first-order chi connectivity index (χ1) is 13.1. The number of H-pyrrole nitrogens is 1. The van der Waals surface area contributed by atoms with Crippen LogP contribution in [0.15, 0.2) is 54.7 Å². The first-order valence-electron chi connectivity index (χ1n) is 8.56. The maximum absolute atomic E-state index is 10.9. The number of fused-ring (bicyclic) bond motifs is 1. The molecule has 27 heavy (non-hydrogen) atoms. The third-order valence-electron chi connectivity index (χ3n) is 4.37. The Morgan fingerprint density at radius 3 is 2.81 bits per heavy atom. The highest BCUT2D eigenvalue weighted by atomic mass is 32.1. The van der Waals surface area contributed by atoms with Crippen LogP contribution in [-0.2, 0) is 17.8 Å². The van der Waals surface area contributed by atoms with Crippen molar-refractivity contribution in [3.05, 3.63) is 70.9 Å². The zero-order valence-corrected chi connectivity index (χ0v) is 15.5. The number of carboxylic acid groups (broad SMARTS) is 1. The molecule has 0 radical (unpaired) electrons. The van der Waals surface area contributed by atoms with E-state index in [1.165, 1.54) is 0 Å². The summed E-state index contributed by atoms with van der Waals surface area (Å²) < 4.78 is 5.93. The molecule has 2 aromatic heterocycles. The molecule has 0 bridgehead atoms. The number of nitrogens with one attached hydrogen (secondary N) is 1. The van der Waals surface area contributed by atoms with Gasteiger partial charge in [0.15, 0.2) is 0 Å². The Bertz CT molecular complexity index is 1100. The zero-order chi connectivity index (χ0) is 18.8. The third kappa shape index (κ3) is 3.71. The lowest BCUT2D eigenvalue weighted by molar-refractivity contribution is -0.136. The van der Waals surface area contributed by atoms with Gasteiger partial charge in [-0.3, -0.25) is 4.79 Å². The number of carboxylic acids is 1. The molecule has 2 aromatic carbocycles. The van der Waals surface area contributed by atoms with Gasteiger partial charge in [-0.2, -0.15) is 0 Å². The Morgan fingerprint density at radius 2 is 2.04 bits per heavy atom. The summed E-state index contributed by atoms with van der Waals surface area (Å²) >= 11 is 1.66. The molecule has 0 fully saturated rings. The molecule has 6 heteroatoms. The standard InChI is InChI=1S/C21H18N2O3S/c1-13-19(23-21(27-13)14-5-3-2-4-6-14)12-26-16-7-8-17-15(9-20(24)25)11-22-18(17)10-16/h2-8,10-11,22H,9,12H2,1H3,(H,24,25). The highest BCUT2D eigenvalue weighted by Crippen LogP contribution is 2.29. The maximum atomic E-state index is 10.9. The lowest BCUT2D eigenvalue weighted by atomic mass is 10.1. The molecule has 0 amide bonds. The normalized spacial score (nSPS) is 11.0. The second-order valence-corrected chi connectivity index (χ2v) is 7.47. The van der Waals surface area contributed by atoms with E-state index < -0.39 is 5.97 Å². The number of aryl methyl sites for hydroxylation is 1. The van der Waals surface area contributed by atoms with E-state index in [0.717, 1.165) is 43.4 Å². The predicted molar refractivity (Wildman–Crippen MR) is 106 cm³/mol. The number of hydrogen-bond acceptors (Lipinski definition) is 4. The van der Waals surface area contributed by atoms with E-state index in [9.17, 15) is 4.79 Å². The molecular formula is C21H18N2O3S. The summed E-state index contributed by atoms with van der Waals surface area (Å²) in [6.07, 6.45) is 1.74. The van der Waals surface area contributed by atoms with Crippen LogP contribution in [0.4, 0.5) is 0 Å². The van der Waals surface area contributed by atoms with Gasteiger partial charge in [-0.05, 0) is 24.6 Å². The molecule has 0 unspecified atom stereocenters. The van der Waals surface area contributed by atoms with Gasteiger partial charge in [-0.15, -0.1) is 11.3 Å². The minimum absolute atomic E-state index is 0.000481. The summed E-state index contributed by atoms with van der Waals surface area (Å²) in [5, 5.41) is 10.9. The zero-order valence-electron chi connectivity index (χ0n) is 14.7. The molecule has 0 aliphatic carbocycles. The van der Waals surface area contributed by atoms with Gasteiger partial charge >= 0.3 is 5.97 Å². The molecule has 0 atom stereocenters. The number of hydrogen-bond donors (Lipinski definition) is 2. The fourth-order valence-corrected chi connectivity index (χ4v) is 3.90. The van der Waals surface area contributed by atoms with Crippen molar-refractivity contribution in [3.8, 4) is 16.3 Å². The van der Waals surface area contributed by atoms with E-state index in [-0.39, 0.29) is 6.42 Å². The minimum atomic E-state index is -0.843. The fourth-order valence-electron chi connectivity index (χ4n) is 2.98. The van der Waals surface area contributed by atoms with Crippen molar-refractivity contribution in [2.45, 2.75) is 20.0 Å². The van der Waals surface area contributed by atoms with Crippen LogP contribution in [0.5, 0.6) is 5.75 Å². The molecular weight excluding hydrogens is 360 g/mol. The van der Waals surface area contributed by atoms with Crippen molar-refractivity contribution < 1.29 is 14.6 Å². The molecule has 0 saturated heterocycles. The highest BCUT2D eigenvalue weighted by molar-refractivity contribution is 7.15. The quantitative estimate of drug-likeness (QED) is 0.505. The largest absolute Gasteiger partial charge is 0.487 e. The van der Waals surface area contributed by atoms with E-state index in [4.69, 9.17) is 14.8 Å². The number of rotatable bonds is 6. The smallest absolute Gasteiger partial charge is 0.307 e. The van der Waals surface area contributed by atoms with Crippen LogP contribution in [-0.4, -0.2) is 21.0 Å². The molecule has 0 aliphatic heterocycles. The Balaban J connectivity index is 1.50. The van der Waals surface area contributed by atoms with Crippen LogP contribution in [0, 0.1) is 6.92 Å². The molecule has 4 aromatic rings. The number of thiazole rings is 1. The van der Waals surface area contributed by atoms with Crippen LogP contribution in [0.3, 0.4) is 0 Å². The topological polar surface area (TPSA) is 75.2 Å². The number of aromatic nitrogens is 2. The third-order valence-corrected chi connectivity index (χ3v) is 5.43. The van der Waals surface area contributed by atoms with Gasteiger partial charge < -0.3 is 14.8 Å². The molecule has 0 saturated carbocycles. The first-order valence-corrected chi connectivity index (χ1v) is 9.38. The summed E-state index contributed by atoms with van der Waals surface area (Å²) in [4.78, 5) is 19.9. The number of benzene rings is 2. The SMILES string of the molecule is Cc1sc(-c2ccccc2)nc1COc1ccc2c(CC(=O)O)c[nH]c2c1. The van der Waals surface area contributed by atoms with Gasteiger partial charge in [0.1, 0.15) is 17.4 Å². The Hall–Kier alpha value is -3.12. The van der Waals surface area contributed by atoms with Gasteiger partial charge in [-0.1, -0.05) is 30.3 Å². The summed E-state index contributed by atoms with van der Waals surface area (Å²) in [5.41, 5.74) is 3.67. The number of aliphatic carboxylic acids is 1. The number of aromatic amines is 1. The number of carbonyl (C=O) groups is 1. The molecule has 2 N–H and O–H groups in total. The van der Waals surface area contributed by atoms with Crippen molar-refractivity contribution in [3.63, 3.8) is 0 Å². The molecule has 0 aliphatic rings. The van der Waals surface area contributed by atoms with E-state index in [1.54, 1.807) is 17.5 Å². The van der Waals surface area contributed by atoms with E-state index in [1.807, 2.05) is 36.4 Å². The Kier molecular flexibility index (Phi) is 4.64. The average Bonchev–Trinajstić information content (AvgIpc) is 3.23. The summed E-state index contributed by atoms with van der Waals surface area (Å²) in [6.45, 7) is 2.44. The monoisotopic (exact) mass is 378 g/mol. The second kappa shape index (κ2) is 7.25. The van der Waals surface area contributed by atoms with Crippen LogP contribution >= 0.6 is 11.3 Å². The fraction of sp³-hybridized carbons (Fsp3) is 0.143. The van der Waals surface area contributed by atoms with Crippen LogP contribution in [0.2, 0.25) is 0 Å². The van der Waals surface area contributed by atoms with E-state index >= 15 is 0 Å². The van der Waals surface area contributed by atoms with Crippen LogP contribution < -0.4 is 4.74 Å².